The molecule has 1 aromatic rings. The molecule has 1 N–H and O–H groups in total. The number of rotatable bonds is 0. The lowest BCUT2D eigenvalue weighted by Gasteiger charge is -1.95. The molecule has 14 heavy (non-hydrogen) atoms. The summed E-state index contributed by atoms with van der Waals surface area (Å²) in [5.41, 5.74) is 2.41. The van der Waals surface area contributed by atoms with Gasteiger partial charge in [0.05, 0.1) is 0 Å². The van der Waals surface area contributed by atoms with Gasteiger partial charge in [-0.25, -0.2) is 0 Å². The molecule has 0 bridgehead atoms. The smallest absolute Gasteiger partial charge is 0.251 e. The summed E-state index contributed by atoms with van der Waals surface area (Å²) in [5.74, 6) is 4.96. The van der Waals surface area contributed by atoms with E-state index < -0.39 is 0 Å². The number of fused-ring (bicyclic) bond motifs is 1. The average molecular weight is 182 g/mol. The fraction of sp³-hybridized carbons (Fsp3) is 0.0909. The molecule has 0 aromatic heterocycles. The molecule has 2 rings (SSSR count). The van der Waals surface area contributed by atoms with Crippen LogP contribution in [0.3, 0.4) is 0 Å². The molecule has 1 heterocycles. The van der Waals surface area contributed by atoms with Gasteiger partial charge in [-0.05, 0) is 23.8 Å². The fourth-order valence-corrected chi connectivity index (χ4v) is 1.41. The summed E-state index contributed by atoms with van der Waals surface area (Å²) in [6.45, 7) is 0.552. The molecule has 0 unspecified atom stereocenters. The maximum atomic E-state index is 11.2. The summed E-state index contributed by atoms with van der Waals surface area (Å²) in [6.07, 6.45) is 0. The van der Waals surface area contributed by atoms with Crippen molar-refractivity contribution < 1.29 is 4.79 Å². The molecule has 3 nitrogen and oxygen atoms in total. The van der Waals surface area contributed by atoms with E-state index in [0.717, 1.165) is 11.1 Å². The van der Waals surface area contributed by atoms with Crippen molar-refractivity contribution in [3.8, 4) is 17.9 Å². The van der Waals surface area contributed by atoms with Crippen molar-refractivity contribution in [1.29, 1.82) is 5.26 Å². The monoisotopic (exact) mass is 182 g/mol. The Morgan fingerprint density at radius 2 is 2.29 bits per heavy atom. The van der Waals surface area contributed by atoms with Crippen LogP contribution in [0, 0.1) is 23.2 Å². The van der Waals surface area contributed by atoms with Crippen molar-refractivity contribution in [1.82, 2.24) is 5.32 Å². The van der Waals surface area contributed by atoms with Crippen LogP contribution in [0.1, 0.15) is 21.5 Å². The van der Waals surface area contributed by atoms with Gasteiger partial charge in [0.2, 0.25) is 0 Å². The lowest BCUT2D eigenvalue weighted by atomic mass is 10.1. The number of benzene rings is 1. The lowest BCUT2D eigenvalue weighted by Crippen LogP contribution is -2.12. The van der Waals surface area contributed by atoms with Gasteiger partial charge in [-0.3, -0.25) is 4.79 Å². The molecule has 1 aliphatic rings. The minimum Gasteiger partial charge on any atom is -0.348 e. The normalized spacial score (nSPS) is 12.1. The summed E-state index contributed by atoms with van der Waals surface area (Å²) >= 11 is 0. The fourth-order valence-electron chi connectivity index (χ4n) is 1.41. The lowest BCUT2D eigenvalue weighted by molar-refractivity contribution is 0.0966. The molecule has 3 heteroatoms. The van der Waals surface area contributed by atoms with E-state index in [-0.39, 0.29) is 5.91 Å². The van der Waals surface area contributed by atoms with Crippen molar-refractivity contribution >= 4 is 5.91 Å². The van der Waals surface area contributed by atoms with Crippen LogP contribution < -0.4 is 5.32 Å². The van der Waals surface area contributed by atoms with Crippen molar-refractivity contribution in [2.75, 3.05) is 0 Å². The van der Waals surface area contributed by atoms with Crippen LogP contribution in [-0.2, 0) is 6.54 Å². The summed E-state index contributed by atoms with van der Waals surface area (Å²) in [6, 6.07) is 7.06. The van der Waals surface area contributed by atoms with Gasteiger partial charge in [-0.2, -0.15) is 5.26 Å². The van der Waals surface area contributed by atoms with E-state index in [1.54, 1.807) is 18.2 Å². The first-order valence-electron chi connectivity index (χ1n) is 4.12. The number of amides is 1. The number of nitrogens with zero attached hydrogens (tertiary/aromatic N) is 1. The summed E-state index contributed by atoms with van der Waals surface area (Å²) < 4.78 is 0. The van der Waals surface area contributed by atoms with Gasteiger partial charge in [0.1, 0.15) is 0 Å². The van der Waals surface area contributed by atoms with Gasteiger partial charge in [-0.1, -0.05) is 5.92 Å². The Hall–Kier alpha value is -2.26. The molecule has 0 fully saturated rings. The highest BCUT2D eigenvalue weighted by Gasteiger charge is 2.17. The van der Waals surface area contributed by atoms with Gasteiger partial charge < -0.3 is 5.32 Å². The quantitative estimate of drug-likeness (QED) is 0.603. The van der Waals surface area contributed by atoms with E-state index in [4.69, 9.17) is 5.26 Å². The molecule has 66 valence electrons. The highest BCUT2D eigenvalue weighted by atomic mass is 16.1. The standard InChI is InChI=1S/C11H6N2O/c12-5-1-2-8-3-4-10-9(6-8)7-13-11(10)14/h3-4,6H,7H2,(H,13,14). The largest absolute Gasteiger partial charge is 0.348 e. The van der Waals surface area contributed by atoms with Crippen LogP contribution in [0.2, 0.25) is 0 Å². The number of hydrogen-bond donors (Lipinski definition) is 1. The van der Waals surface area contributed by atoms with Gasteiger partial charge in [0.15, 0.2) is 6.07 Å². The predicted octanol–water partition coefficient (Wildman–Crippen LogP) is 0.805. The number of carbonyl (C=O) groups excluding carboxylic acids is 1. The molecule has 0 radical (unpaired) electrons. The van der Waals surface area contributed by atoms with Gasteiger partial charge in [0.25, 0.3) is 5.91 Å². The molecule has 1 aromatic carbocycles. The Morgan fingerprint density at radius 1 is 1.43 bits per heavy atom. The molecule has 0 spiro atoms. The zero-order valence-electron chi connectivity index (χ0n) is 7.29. The Kier molecular flexibility index (Phi) is 1.93. The number of nitriles is 1. The SMILES string of the molecule is N#CC#Cc1ccc2c(c1)CNC2=O. The summed E-state index contributed by atoms with van der Waals surface area (Å²) in [5, 5.41) is 11.0. The third-order valence-corrected chi connectivity index (χ3v) is 2.05. The van der Waals surface area contributed by atoms with E-state index in [2.05, 4.69) is 17.2 Å². The molecule has 0 atom stereocenters. The minimum atomic E-state index is -0.0419. The van der Waals surface area contributed by atoms with E-state index in [1.165, 1.54) is 0 Å². The van der Waals surface area contributed by atoms with Crippen molar-refractivity contribution in [3.05, 3.63) is 34.9 Å². The van der Waals surface area contributed by atoms with Crippen LogP contribution in [0.25, 0.3) is 0 Å². The first-order chi connectivity index (χ1) is 6.81. The molecule has 0 saturated heterocycles. The molecule has 0 aliphatic carbocycles. The van der Waals surface area contributed by atoms with Gasteiger partial charge >= 0.3 is 0 Å². The number of hydrogen-bond acceptors (Lipinski definition) is 2. The minimum absolute atomic E-state index is 0.0419. The van der Waals surface area contributed by atoms with Crippen LogP contribution in [0.5, 0.6) is 0 Å². The van der Waals surface area contributed by atoms with Crippen molar-refractivity contribution in [2.45, 2.75) is 6.54 Å². The first kappa shape index (κ1) is 8.34. The van der Waals surface area contributed by atoms with Crippen LogP contribution in [0.4, 0.5) is 0 Å². The number of carbonyl (C=O) groups is 1. The topological polar surface area (TPSA) is 52.9 Å². The molecular formula is C11H6N2O. The molecule has 0 saturated carbocycles. The second-order valence-corrected chi connectivity index (χ2v) is 2.92. The highest BCUT2D eigenvalue weighted by Crippen LogP contribution is 2.16. The third-order valence-electron chi connectivity index (χ3n) is 2.05. The Labute approximate surface area is 81.4 Å². The average Bonchev–Trinajstić information content (AvgIpc) is 2.57. The van der Waals surface area contributed by atoms with Crippen LogP contribution in [-0.4, -0.2) is 5.91 Å². The maximum Gasteiger partial charge on any atom is 0.251 e. The predicted molar refractivity (Wildman–Crippen MR) is 50.1 cm³/mol. The summed E-state index contributed by atoms with van der Waals surface area (Å²) in [7, 11) is 0. The van der Waals surface area contributed by atoms with E-state index >= 15 is 0 Å². The maximum absolute atomic E-state index is 11.2. The Morgan fingerprint density at radius 3 is 3.07 bits per heavy atom. The Bertz CT molecular complexity index is 500. The van der Waals surface area contributed by atoms with Crippen LogP contribution in [0.15, 0.2) is 18.2 Å². The molecular weight excluding hydrogens is 176 g/mol. The second-order valence-electron chi connectivity index (χ2n) is 2.92. The zero-order chi connectivity index (χ0) is 9.97. The summed E-state index contributed by atoms with van der Waals surface area (Å²) in [4.78, 5) is 11.2. The van der Waals surface area contributed by atoms with E-state index in [0.29, 0.717) is 12.1 Å². The van der Waals surface area contributed by atoms with Gasteiger partial charge in [0, 0.05) is 23.6 Å². The van der Waals surface area contributed by atoms with Gasteiger partial charge in [-0.15, -0.1) is 0 Å². The van der Waals surface area contributed by atoms with Crippen molar-refractivity contribution in [2.24, 2.45) is 0 Å². The number of nitrogens with one attached hydrogen (secondary N) is 1. The molecule has 1 amide bonds. The van der Waals surface area contributed by atoms with E-state index in [1.807, 2.05) is 6.07 Å². The Balaban J connectivity index is 2.43. The van der Waals surface area contributed by atoms with Crippen molar-refractivity contribution in [3.63, 3.8) is 0 Å². The van der Waals surface area contributed by atoms with Crippen LogP contribution >= 0.6 is 0 Å². The molecule has 1 aliphatic heterocycles. The second kappa shape index (κ2) is 3.24. The third kappa shape index (κ3) is 1.32. The highest BCUT2D eigenvalue weighted by molar-refractivity contribution is 5.98. The first-order valence-corrected chi connectivity index (χ1v) is 4.12. The zero-order valence-corrected chi connectivity index (χ0v) is 7.29. The van der Waals surface area contributed by atoms with E-state index in [9.17, 15) is 4.79 Å².